The van der Waals surface area contributed by atoms with E-state index in [1.165, 1.54) is 64.2 Å². The largest absolute Gasteiger partial charge is 0.393 e. The lowest BCUT2D eigenvalue weighted by Gasteiger charge is -2.59. The summed E-state index contributed by atoms with van der Waals surface area (Å²) in [6.45, 7) is 11.7. The molecule has 0 aromatic rings. The molecule has 3 N–H and O–H groups in total. The van der Waals surface area contributed by atoms with Crippen molar-refractivity contribution in [1.29, 1.82) is 0 Å². The van der Waals surface area contributed by atoms with Gasteiger partial charge in [-0.1, -0.05) is 96.8 Å². The Balaban J connectivity index is 1.20. The Morgan fingerprint density at radius 1 is 1.02 bits per heavy atom. The molecule has 11 atom stereocenters. The summed E-state index contributed by atoms with van der Waals surface area (Å²) in [5.74, 6) is -3.69. The fourth-order valence-corrected chi connectivity index (χ4v) is 9.57. The standard InChI is InChI=1S/C36H54O8/c1-6-7-8-9-10-11-12-13-14-15-16-17-18-19-34-42-29-27-30-33(22-37,41-30)31(39)35(40)26(20-24(4)28(35)38)36(27,44-34)25(5)21-32(29,43-34)23(2)3/h18-20,25-27,29-31,37,39-40H,2,6-17,21-22H2,1,3-5H3/b19-18-/t25-,26-,27-,29-,30+,31-,32-,33+,34-,35-,36+/m1/s1. The fraction of sp³-hybridized carbons (Fsp3) is 0.806. The number of ketones is 1. The Kier molecular flexibility index (Phi) is 8.65. The first-order valence-electron chi connectivity index (χ1n) is 17.3. The first-order chi connectivity index (χ1) is 21.0. The Labute approximate surface area is 262 Å². The van der Waals surface area contributed by atoms with E-state index in [4.69, 9.17) is 18.9 Å². The zero-order valence-electron chi connectivity index (χ0n) is 27.2. The van der Waals surface area contributed by atoms with Gasteiger partial charge in [-0.05, 0) is 50.2 Å². The van der Waals surface area contributed by atoms with Crippen LogP contribution in [0.2, 0.25) is 0 Å². The predicted octanol–water partition coefficient (Wildman–Crippen LogP) is 5.43. The first-order valence-corrected chi connectivity index (χ1v) is 17.3. The minimum absolute atomic E-state index is 0.219. The molecule has 0 unspecified atom stereocenters. The molecule has 8 nitrogen and oxygen atoms in total. The molecule has 8 heteroatoms. The third kappa shape index (κ3) is 4.53. The molecule has 3 aliphatic heterocycles. The molecule has 6 aliphatic rings. The first kappa shape index (κ1) is 32.5. The van der Waals surface area contributed by atoms with Crippen molar-refractivity contribution in [3.05, 3.63) is 36.0 Å². The van der Waals surface area contributed by atoms with E-state index < -0.39 is 70.9 Å². The van der Waals surface area contributed by atoms with Crippen molar-refractivity contribution in [2.75, 3.05) is 6.61 Å². The lowest BCUT2D eigenvalue weighted by molar-refractivity contribution is -0.406. The van der Waals surface area contributed by atoms with E-state index in [0.29, 0.717) is 12.0 Å². The minimum atomic E-state index is -2.20. The summed E-state index contributed by atoms with van der Waals surface area (Å²) >= 11 is 0. The maximum absolute atomic E-state index is 13.6. The summed E-state index contributed by atoms with van der Waals surface area (Å²) in [6, 6.07) is 0. The van der Waals surface area contributed by atoms with Crippen LogP contribution in [0.5, 0.6) is 0 Å². The lowest BCUT2D eigenvalue weighted by atomic mass is 9.54. The van der Waals surface area contributed by atoms with E-state index in [-0.39, 0.29) is 5.92 Å². The number of ether oxygens (including phenoxy) is 4. The SMILES string of the molecule is C=C(C)[C@]12C[C@@H](C)[C@@]34O[C@](/C=C\CCCCCCCCCCCCC)(O[C@@H]1[C@@H]3[C@@H]1O[C@]1(CO)[C@@H](O)[C@]1(O)C(=O)C(C)=C[C@H]14)O2. The van der Waals surface area contributed by atoms with Crippen molar-refractivity contribution >= 4 is 5.78 Å². The van der Waals surface area contributed by atoms with Crippen LogP contribution in [-0.2, 0) is 23.7 Å². The summed E-state index contributed by atoms with van der Waals surface area (Å²) in [6.07, 6.45) is 18.3. The molecule has 6 rings (SSSR count). The van der Waals surface area contributed by atoms with Gasteiger partial charge < -0.3 is 34.3 Å². The van der Waals surface area contributed by atoms with Gasteiger partial charge in [0, 0.05) is 17.9 Å². The lowest BCUT2D eigenvalue weighted by Crippen LogP contribution is -2.72. The monoisotopic (exact) mass is 614 g/mol. The van der Waals surface area contributed by atoms with Crippen molar-refractivity contribution in [3.8, 4) is 0 Å². The summed E-state index contributed by atoms with van der Waals surface area (Å²) in [7, 11) is 0. The molecule has 0 amide bonds. The second-order valence-electron chi connectivity index (χ2n) is 14.8. The highest BCUT2D eigenvalue weighted by Crippen LogP contribution is 2.72. The van der Waals surface area contributed by atoms with Crippen LogP contribution in [0, 0.1) is 17.8 Å². The molecular weight excluding hydrogens is 560 g/mol. The van der Waals surface area contributed by atoms with Crippen LogP contribution >= 0.6 is 0 Å². The van der Waals surface area contributed by atoms with Gasteiger partial charge in [0.25, 0.3) is 0 Å². The van der Waals surface area contributed by atoms with E-state index in [9.17, 15) is 20.1 Å². The maximum Gasteiger partial charge on any atom is 0.306 e. The molecule has 3 saturated heterocycles. The van der Waals surface area contributed by atoms with Crippen LogP contribution in [0.3, 0.4) is 0 Å². The van der Waals surface area contributed by atoms with Gasteiger partial charge in [-0.2, -0.15) is 0 Å². The van der Waals surface area contributed by atoms with Crippen LogP contribution in [0.1, 0.15) is 111 Å². The molecule has 0 aromatic carbocycles. The van der Waals surface area contributed by atoms with E-state index in [1.54, 1.807) is 13.0 Å². The quantitative estimate of drug-likeness (QED) is 0.127. The van der Waals surface area contributed by atoms with Crippen molar-refractivity contribution in [2.45, 2.75) is 158 Å². The maximum atomic E-state index is 13.6. The third-order valence-electron chi connectivity index (χ3n) is 12.0. The van der Waals surface area contributed by atoms with Crippen LogP contribution in [0.25, 0.3) is 0 Å². The molecule has 3 bridgehead atoms. The predicted molar refractivity (Wildman–Crippen MR) is 165 cm³/mol. The van der Waals surface area contributed by atoms with E-state index in [1.807, 2.05) is 19.9 Å². The number of hydrogen-bond acceptors (Lipinski definition) is 8. The summed E-state index contributed by atoms with van der Waals surface area (Å²) < 4.78 is 26.7. The molecule has 246 valence electrons. The van der Waals surface area contributed by atoms with Crippen molar-refractivity contribution in [2.24, 2.45) is 17.8 Å². The average molecular weight is 615 g/mol. The average Bonchev–Trinajstić information content (AvgIpc) is 3.63. The van der Waals surface area contributed by atoms with Crippen molar-refractivity contribution < 1.29 is 39.1 Å². The smallest absolute Gasteiger partial charge is 0.306 e. The van der Waals surface area contributed by atoms with Gasteiger partial charge in [-0.3, -0.25) is 4.79 Å². The number of carbonyl (C=O) groups is 1. The number of rotatable bonds is 15. The number of unbranched alkanes of at least 4 members (excludes halogenated alkanes) is 11. The van der Waals surface area contributed by atoms with Gasteiger partial charge >= 0.3 is 5.97 Å². The van der Waals surface area contributed by atoms with Crippen LogP contribution < -0.4 is 0 Å². The Bertz CT molecular complexity index is 1200. The van der Waals surface area contributed by atoms with E-state index in [0.717, 1.165) is 18.4 Å². The highest BCUT2D eigenvalue weighted by molar-refractivity contribution is 6.05. The minimum Gasteiger partial charge on any atom is -0.393 e. The number of allylic oxidation sites excluding steroid dienone is 1. The number of Topliss-reactive ketones (excluding diaryl/α,β-unsaturated/α-hetero) is 1. The van der Waals surface area contributed by atoms with Gasteiger partial charge in [-0.25, -0.2) is 0 Å². The zero-order valence-corrected chi connectivity index (χ0v) is 27.2. The molecular formula is C36H54O8. The Morgan fingerprint density at radius 2 is 1.66 bits per heavy atom. The van der Waals surface area contributed by atoms with Gasteiger partial charge in [0.05, 0.1) is 12.2 Å². The number of carbonyl (C=O) groups excluding carboxylic acids is 1. The second kappa shape index (κ2) is 11.7. The van der Waals surface area contributed by atoms with Crippen molar-refractivity contribution in [3.63, 3.8) is 0 Å². The van der Waals surface area contributed by atoms with Crippen LogP contribution in [-0.4, -0.2) is 74.4 Å². The number of aliphatic hydroxyl groups is 3. The van der Waals surface area contributed by atoms with Gasteiger partial charge in [0.2, 0.25) is 0 Å². The summed E-state index contributed by atoms with van der Waals surface area (Å²) in [5, 5.41) is 34.3. The number of hydrogen-bond donors (Lipinski definition) is 3. The van der Waals surface area contributed by atoms with Crippen LogP contribution in [0.15, 0.2) is 36.0 Å². The molecule has 0 spiro atoms. The molecule has 3 aliphatic carbocycles. The molecule has 44 heavy (non-hydrogen) atoms. The van der Waals surface area contributed by atoms with Gasteiger partial charge in [0.1, 0.15) is 29.5 Å². The molecule has 5 fully saturated rings. The van der Waals surface area contributed by atoms with E-state index in [2.05, 4.69) is 19.6 Å². The highest BCUT2D eigenvalue weighted by atomic mass is 16.9. The van der Waals surface area contributed by atoms with E-state index >= 15 is 0 Å². The second-order valence-corrected chi connectivity index (χ2v) is 14.8. The number of aliphatic hydroxyl groups excluding tert-OH is 2. The zero-order chi connectivity index (χ0) is 31.5. The molecule has 0 aromatic heterocycles. The fourth-order valence-electron chi connectivity index (χ4n) is 9.57. The Hall–Kier alpha value is -1.39. The van der Waals surface area contributed by atoms with Gasteiger partial charge in [0.15, 0.2) is 11.4 Å². The molecule has 0 radical (unpaired) electrons. The number of fused-ring (bicyclic) bond motifs is 3. The van der Waals surface area contributed by atoms with Crippen LogP contribution in [0.4, 0.5) is 0 Å². The molecule has 3 heterocycles. The molecule has 2 saturated carbocycles. The highest BCUT2D eigenvalue weighted by Gasteiger charge is 2.88. The normalized spacial score (nSPS) is 46.5. The van der Waals surface area contributed by atoms with Gasteiger partial charge in [-0.15, -0.1) is 0 Å². The topological polar surface area (TPSA) is 118 Å². The third-order valence-corrected chi connectivity index (χ3v) is 12.0. The number of epoxide rings is 1. The van der Waals surface area contributed by atoms with Crippen molar-refractivity contribution in [1.82, 2.24) is 0 Å². The summed E-state index contributed by atoms with van der Waals surface area (Å²) in [5.41, 5.74) is -4.56. The summed E-state index contributed by atoms with van der Waals surface area (Å²) in [4.78, 5) is 13.6. The Morgan fingerprint density at radius 3 is 2.27 bits per heavy atom.